The fourth-order valence-corrected chi connectivity index (χ4v) is 2.85. The Hall–Kier alpha value is -1.73. The van der Waals surface area contributed by atoms with Crippen LogP contribution >= 0.6 is 31.9 Å². The molecule has 0 atom stereocenters. The van der Waals surface area contributed by atoms with Crippen LogP contribution in [0.3, 0.4) is 0 Å². The van der Waals surface area contributed by atoms with Crippen LogP contribution in [0, 0.1) is 0 Å². The lowest BCUT2D eigenvalue weighted by atomic mass is 10.1. The summed E-state index contributed by atoms with van der Waals surface area (Å²) in [6, 6.07) is 7.48. The molecular weight excluding hydrogens is 406 g/mol. The van der Waals surface area contributed by atoms with Gasteiger partial charge in [-0.2, -0.15) is 0 Å². The van der Waals surface area contributed by atoms with Gasteiger partial charge in [0.2, 0.25) is 0 Å². The van der Waals surface area contributed by atoms with Gasteiger partial charge in [0.05, 0.1) is 21.6 Å². The SMILES string of the molecule is COc1ccc(O)c(C(=O)Nc2cc(Br)c(O)c(Br)c2)c1. The van der Waals surface area contributed by atoms with Gasteiger partial charge >= 0.3 is 0 Å². The molecule has 2 aromatic carbocycles. The number of nitrogens with one attached hydrogen (secondary N) is 1. The van der Waals surface area contributed by atoms with E-state index in [1.807, 2.05) is 0 Å². The minimum Gasteiger partial charge on any atom is -0.507 e. The molecule has 110 valence electrons. The van der Waals surface area contributed by atoms with Crippen LogP contribution in [0.15, 0.2) is 39.3 Å². The lowest BCUT2D eigenvalue weighted by Gasteiger charge is -2.10. The van der Waals surface area contributed by atoms with E-state index in [-0.39, 0.29) is 17.1 Å². The number of hydrogen-bond acceptors (Lipinski definition) is 4. The molecule has 0 aromatic heterocycles. The van der Waals surface area contributed by atoms with E-state index >= 15 is 0 Å². The average molecular weight is 417 g/mol. The molecule has 0 aliphatic carbocycles. The zero-order chi connectivity index (χ0) is 15.6. The number of benzene rings is 2. The van der Waals surface area contributed by atoms with Crippen molar-refractivity contribution in [2.45, 2.75) is 0 Å². The van der Waals surface area contributed by atoms with E-state index in [0.29, 0.717) is 20.4 Å². The average Bonchev–Trinajstić information content (AvgIpc) is 2.45. The maximum Gasteiger partial charge on any atom is 0.259 e. The van der Waals surface area contributed by atoms with Crippen LogP contribution in [0.5, 0.6) is 17.2 Å². The van der Waals surface area contributed by atoms with Gasteiger partial charge in [-0.3, -0.25) is 4.79 Å². The van der Waals surface area contributed by atoms with Crippen LogP contribution in [0.2, 0.25) is 0 Å². The lowest BCUT2D eigenvalue weighted by molar-refractivity contribution is 0.102. The molecule has 3 N–H and O–H groups in total. The third-order valence-electron chi connectivity index (χ3n) is 2.72. The van der Waals surface area contributed by atoms with Gasteiger partial charge in [-0.05, 0) is 62.2 Å². The van der Waals surface area contributed by atoms with E-state index in [9.17, 15) is 15.0 Å². The van der Waals surface area contributed by atoms with Gasteiger partial charge in [0.1, 0.15) is 17.2 Å². The lowest BCUT2D eigenvalue weighted by Crippen LogP contribution is -2.12. The van der Waals surface area contributed by atoms with Crippen molar-refractivity contribution in [2.24, 2.45) is 0 Å². The van der Waals surface area contributed by atoms with Gasteiger partial charge < -0.3 is 20.3 Å². The van der Waals surface area contributed by atoms with Gasteiger partial charge in [-0.1, -0.05) is 0 Å². The molecule has 5 nitrogen and oxygen atoms in total. The predicted octanol–water partition coefficient (Wildman–Crippen LogP) is 3.88. The number of carbonyl (C=O) groups is 1. The number of amides is 1. The second kappa shape index (κ2) is 6.36. The second-order valence-corrected chi connectivity index (χ2v) is 5.83. The van der Waals surface area contributed by atoms with E-state index < -0.39 is 5.91 Å². The zero-order valence-electron chi connectivity index (χ0n) is 10.9. The molecule has 2 rings (SSSR count). The van der Waals surface area contributed by atoms with Gasteiger partial charge in [0.25, 0.3) is 5.91 Å². The molecule has 0 radical (unpaired) electrons. The molecule has 0 fully saturated rings. The third-order valence-corrected chi connectivity index (χ3v) is 3.93. The summed E-state index contributed by atoms with van der Waals surface area (Å²) in [4.78, 5) is 12.2. The number of anilines is 1. The largest absolute Gasteiger partial charge is 0.507 e. The molecule has 0 saturated carbocycles. The van der Waals surface area contributed by atoms with Crippen LogP contribution in [-0.2, 0) is 0 Å². The van der Waals surface area contributed by atoms with Gasteiger partial charge in [0.15, 0.2) is 0 Å². The summed E-state index contributed by atoms with van der Waals surface area (Å²) < 4.78 is 5.89. The number of phenolic OH excluding ortho intramolecular Hbond substituents is 2. The van der Waals surface area contributed by atoms with E-state index in [1.165, 1.54) is 19.2 Å². The van der Waals surface area contributed by atoms with Crippen LogP contribution in [0.25, 0.3) is 0 Å². The summed E-state index contributed by atoms with van der Waals surface area (Å²) in [7, 11) is 1.47. The molecule has 21 heavy (non-hydrogen) atoms. The molecule has 0 bridgehead atoms. The number of carbonyl (C=O) groups excluding carboxylic acids is 1. The molecule has 0 unspecified atom stereocenters. The molecule has 0 saturated heterocycles. The maximum absolute atomic E-state index is 12.2. The third kappa shape index (κ3) is 3.48. The second-order valence-electron chi connectivity index (χ2n) is 4.13. The van der Waals surface area contributed by atoms with Crippen molar-refractivity contribution in [3.05, 3.63) is 44.8 Å². The highest BCUT2D eigenvalue weighted by Crippen LogP contribution is 2.35. The summed E-state index contributed by atoms with van der Waals surface area (Å²) in [6.45, 7) is 0. The highest BCUT2D eigenvalue weighted by atomic mass is 79.9. The predicted molar refractivity (Wildman–Crippen MR) is 86.1 cm³/mol. The first-order chi connectivity index (χ1) is 9.92. The Balaban J connectivity index is 2.30. The first kappa shape index (κ1) is 15.7. The highest BCUT2D eigenvalue weighted by Gasteiger charge is 2.14. The molecule has 7 heteroatoms. The molecule has 0 spiro atoms. The Morgan fingerprint density at radius 3 is 2.33 bits per heavy atom. The Bertz CT molecular complexity index is 680. The van der Waals surface area contributed by atoms with Gasteiger partial charge in [-0.15, -0.1) is 0 Å². The Kier molecular flexibility index (Phi) is 4.74. The van der Waals surface area contributed by atoms with Crippen LogP contribution in [0.4, 0.5) is 5.69 Å². The number of phenols is 2. The first-order valence-corrected chi connectivity index (χ1v) is 7.37. The van der Waals surface area contributed by atoms with Crippen molar-refractivity contribution < 1.29 is 19.7 Å². The summed E-state index contributed by atoms with van der Waals surface area (Å²) in [5, 5.41) is 22.0. The summed E-state index contributed by atoms with van der Waals surface area (Å²) >= 11 is 6.36. The molecular formula is C14H11Br2NO4. The number of halogens is 2. The minimum atomic E-state index is -0.490. The normalized spacial score (nSPS) is 10.2. The quantitative estimate of drug-likeness (QED) is 0.663. The van der Waals surface area contributed by atoms with Crippen molar-refractivity contribution in [2.75, 3.05) is 12.4 Å². The van der Waals surface area contributed by atoms with E-state index in [4.69, 9.17) is 4.74 Å². The molecule has 0 aliphatic rings. The number of methoxy groups -OCH3 is 1. The number of aromatic hydroxyl groups is 2. The molecule has 2 aromatic rings. The van der Waals surface area contributed by atoms with Gasteiger partial charge in [0, 0.05) is 5.69 Å². The Labute approximate surface area is 137 Å². The van der Waals surface area contributed by atoms with Crippen LogP contribution in [-0.4, -0.2) is 23.2 Å². The van der Waals surface area contributed by atoms with Gasteiger partial charge in [-0.25, -0.2) is 0 Å². The highest BCUT2D eigenvalue weighted by molar-refractivity contribution is 9.11. The monoisotopic (exact) mass is 415 g/mol. The zero-order valence-corrected chi connectivity index (χ0v) is 14.0. The standard InChI is InChI=1S/C14H11Br2NO4/c1-21-8-2-3-12(18)9(6-8)14(20)17-7-4-10(15)13(19)11(16)5-7/h2-6,18-19H,1H3,(H,17,20). The Morgan fingerprint density at radius 1 is 1.14 bits per heavy atom. The van der Waals surface area contributed by atoms with Crippen molar-refractivity contribution in [3.8, 4) is 17.2 Å². The number of hydrogen-bond donors (Lipinski definition) is 3. The summed E-state index contributed by atoms with van der Waals surface area (Å²) in [5.74, 6) is -0.135. The first-order valence-electron chi connectivity index (χ1n) is 5.78. The maximum atomic E-state index is 12.2. The fraction of sp³-hybridized carbons (Fsp3) is 0.0714. The van der Waals surface area contributed by atoms with Crippen molar-refractivity contribution >= 4 is 43.5 Å². The fourth-order valence-electron chi connectivity index (χ4n) is 1.66. The molecule has 0 aliphatic heterocycles. The smallest absolute Gasteiger partial charge is 0.259 e. The topological polar surface area (TPSA) is 78.8 Å². The molecule has 1 amide bonds. The number of ether oxygens (including phenoxy) is 1. The van der Waals surface area contributed by atoms with Crippen LogP contribution < -0.4 is 10.1 Å². The van der Waals surface area contributed by atoms with E-state index in [0.717, 1.165) is 0 Å². The number of rotatable bonds is 3. The van der Waals surface area contributed by atoms with E-state index in [2.05, 4.69) is 37.2 Å². The van der Waals surface area contributed by atoms with Crippen molar-refractivity contribution in [3.63, 3.8) is 0 Å². The summed E-state index contributed by atoms with van der Waals surface area (Å²) in [6.07, 6.45) is 0. The van der Waals surface area contributed by atoms with Crippen LogP contribution in [0.1, 0.15) is 10.4 Å². The molecule has 0 heterocycles. The van der Waals surface area contributed by atoms with Crippen molar-refractivity contribution in [1.82, 2.24) is 0 Å². The van der Waals surface area contributed by atoms with Crippen molar-refractivity contribution in [1.29, 1.82) is 0 Å². The minimum absolute atomic E-state index is 0.0391. The van der Waals surface area contributed by atoms with E-state index in [1.54, 1.807) is 18.2 Å². The summed E-state index contributed by atoms with van der Waals surface area (Å²) in [5.41, 5.74) is 0.549. The Morgan fingerprint density at radius 2 is 1.76 bits per heavy atom.